The summed E-state index contributed by atoms with van der Waals surface area (Å²) in [6.07, 6.45) is 1.47. The number of nitrogens with zero attached hydrogens (tertiary/aromatic N) is 4. The quantitative estimate of drug-likeness (QED) is 0.646. The monoisotopic (exact) mass is 354 g/mol. The number of pyridine rings is 1. The lowest BCUT2D eigenvalue weighted by Gasteiger charge is -2.17. The van der Waals surface area contributed by atoms with Gasteiger partial charge in [-0.15, -0.1) is 10.2 Å². The molecule has 0 radical (unpaired) electrons. The largest absolute Gasteiger partial charge is 0.336 e. The Hall–Kier alpha value is -1.80. The molecule has 0 aliphatic heterocycles. The van der Waals surface area contributed by atoms with Crippen molar-refractivity contribution in [3.05, 3.63) is 29.2 Å². The van der Waals surface area contributed by atoms with Gasteiger partial charge in [0.15, 0.2) is 5.82 Å². The van der Waals surface area contributed by atoms with Crippen LogP contribution in [0.5, 0.6) is 0 Å². The summed E-state index contributed by atoms with van der Waals surface area (Å²) in [7, 11) is 0. The number of nitrogens with one attached hydrogen (secondary N) is 1. The molecule has 0 aromatic carbocycles. The van der Waals surface area contributed by atoms with Crippen LogP contribution in [-0.4, -0.2) is 31.0 Å². The molecule has 2 heterocycles. The minimum atomic E-state index is -0.410. The van der Waals surface area contributed by atoms with Gasteiger partial charge in [0, 0.05) is 11.6 Å². The van der Waals surface area contributed by atoms with Crippen LogP contribution in [0.3, 0.4) is 0 Å². The van der Waals surface area contributed by atoms with Crippen LogP contribution in [-0.2, 0) is 10.2 Å². The SMILES string of the molecule is C[C@@H](Sc1nnc(C(C)(C)C)n1N)C(=O)Nc1ccc(Cl)cn1. The van der Waals surface area contributed by atoms with Gasteiger partial charge in [-0.3, -0.25) is 4.79 Å². The number of rotatable bonds is 4. The standard InChI is InChI=1S/C14H19ClN6OS/c1-8(11(22)18-10-6-5-9(15)7-17-10)23-13-20-19-12(21(13)16)14(2,3)4/h5-8H,16H2,1-4H3,(H,17,18,22)/t8-/m1/s1. The van der Waals surface area contributed by atoms with Crippen molar-refractivity contribution in [3.63, 3.8) is 0 Å². The predicted molar refractivity (Wildman–Crippen MR) is 92.1 cm³/mol. The first-order valence-electron chi connectivity index (χ1n) is 6.98. The van der Waals surface area contributed by atoms with E-state index in [2.05, 4.69) is 20.5 Å². The fourth-order valence-electron chi connectivity index (χ4n) is 1.76. The van der Waals surface area contributed by atoms with Crippen LogP contribution in [0, 0.1) is 0 Å². The van der Waals surface area contributed by atoms with Crippen LogP contribution < -0.4 is 11.2 Å². The number of hydrogen-bond acceptors (Lipinski definition) is 6. The summed E-state index contributed by atoms with van der Waals surface area (Å²) in [5.74, 6) is 6.92. The van der Waals surface area contributed by atoms with Gasteiger partial charge in [0.05, 0.1) is 10.3 Å². The van der Waals surface area contributed by atoms with Crippen molar-refractivity contribution in [1.82, 2.24) is 19.9 Å². The highest BCUT2D eigenvalue weighted by Gasteiger charge is 2.25. The van der Waals surface area contributed by atoms with Gasteiger partial charge in [0.1, 0.15) is 5.82 Å². The molecule has 3 N–H and O–H groups in total. The number of carbonyl (C=O) groups is 1. The summed E-state index contributed by atoms with van der Waals surface area (Å²) in [6.45, 7) is 7.76. The molecule has 0 aliphatic rings. The van der Waals surface area contributed by atoms with Gasteiger partial charge in [-0.05, 0) is 19.1 Å². The Labute approximate surface area is 144 Å². The predicted octanol–water partition coefficient (Wildman–Crippen LogP) is 2.46. The zero-order valence-electron chi connectivity index (χ0n) is 13.4. The first-order chi connectivity index (χ1) is 10.7. The molecule has 0 aliphatic carbocycles. The molecule has 0 saturated carbocycles. The minimum Gasteiger partial charge on any atom is -0.336 e. The van der Waals surface area contributed by atoms with E-state index in [0.717, 1.165) is 0 Å². The second kappa shape index (κ2) is 6.76. The van der Waals surface area contributed by atoms with E-state index in [9.17, 15) is 4.79 Å². The number of halogens is 1. The average molecular weight is 355 g/mol. The lowest BCUT2D eigenvalue weighted by Crippen LogP contribution is -2.26. The van der Waals surface area contributed by atoms with E-state index in [4.69, 9.17) is 17.4 Å². The normalized spacial score (nSPS) is 12.9. The third kappa shape index (κ3) is 4.35. The number of nitrogen functional groups attached to an aromatic ring is 1. The number of thioether (sulfide) groups is 1. The molecule has 0 bridgehead atoms. The van der Waals surface area contributed by atoms with Crippen molar-refractivity contribution in [1.29, 1.82) is 0 Å². The maximum absolute atomic E-state index is 12.2. The fourth-order valence-corrected chi connectivity index (χ4v) is 2.64. The molecule has 0 spiro atoms. The number of hydrogen-bond donors (Lipinski definition) is 2. The summed E-state index contributed by atoms with van der Waals surface area (Å²) in [5.41, 5.74) is -0.223. The molecule has 2 aromatic heterocycles. The second-order valence-electron chi connectivity index (χ2n) is 6.04. The van der Waals surface area contributed by atoms with Crippen molar-refractivity contribution < 1.29 is 4.79 Å². The number of carbonyl (C=O) groups excluding carboxylic acids is 1. The Morgan fingerprint density at radius 1 is 1.39 bits per heavy atom. The van der Waals surface area contributed by atoms with Crippen LogP contribution in [0.1, 0.15) is 33.5 Å². The highest BCUT2D eigenvalue weighted by molar-refractivity contribution is 8.00. The number of aromatic nitrogens is 4. The Balaban J connectivity index is 2.04. The zero-order chi connectivity index (χ0) is 17.2. The first-order valence-corrected chi connectivity index (χ1v) is 8.24. The van der Waals surface area contributed by atoms with Crippen molar-refractivity contribution in [2.45, 2.75) is 43.5 Å². The van der Waals surface area contributed by atoms with Crippen LogP contribution in [0.4, 0.5) is 5.82 Å². The van der Waals surface area contributed by atoms with Gasteiger partial charge < -0.3 is 11.2 Å². The maximum Gasteiger partial charge on any atom is 0.238 e. The van der Waals surface area contributed by atoms with Gasteiger partial charge in [0.25, 0.3) is 0 Å². The highest BCUT2D eigenvalue weighted by Crippen LogP contribution is 2.26. The van der Waals surface area contributed by atoms with Crippen molar-refractivity contribution >= 4 is 35.1 Å². The molecule has 0 unspecified atom stereocenters. The Bertz CT molecular complexity index is 694. The molecule has 1 atom stereocenters. The van der Waals surface area contributed by atoms with Crippen molar-refractivity contribution in [3.8, 4) is 0 Å². The molecule has 23 heavy (non-hydrogen) atoms. The van der Waals surface area contributed by atoms with Gasteiger partial charge in [-0.25, -0.2) is 9.66 Å². The van der Waals surface area contributed by atoms with Crippen LogP contribution in [0.25, 0.3) is 0 Å². The number of nitrogens with two attached hydrogens (primary N) is 1. The Morgan fingerprint density at radius 2 is 2.09 bits per heavy atom. The summed E-state index contributed by atoms with van der Waals surface area (Å²) >= 11 is 7.00. The van der Waals surface area contributed by atoms with Crippen LogP contribution in [0.2, 0.25) is 5.02 Å². The zero-order valence-corrected chi connectivity index (χ0v) is 14.9. The number of amides is 1. The van der Waals surface area contributed by atoms with Crippen LogP contribution >= 0.6 is 23.4 Å². The van der Waals surface area contributed by atoms with E-state index in [-0.39, 0.29) is 11.3 Å². The van der Waals surface area contributed by atoms with E-state index in [0.29, 0.717) is 21.8 Å². The third-order valence-electron chi connectivity index (χ3n) is 2.97. The Kier molecular flexibility index (Phi) is 5.16. The fraction of sp³-hybridized carbons (Fsp3) is 0.429. The van der Waals surface area contributed by atoms with E-state index < -0.39 is 5.25 Å². The maximum atomic E-state index is 12.2. The summed E-state index contributed by atoms with van der Waals surface area (Å²) in [6, 6.07) is 3.30. The van der Waals surface area contributed by atoms with Gasteiger partial charge >= 0.3 is 0 Å². The van der Waals surface area contributed by atoms with Gasteiger partial charge in [-0.1, -0.05) is 44.1 Å². The molecule has 7 nitrogen and oxygen atoms in total. The molecule has 1 amide bonds. The molecule has 2 rings (SSSR count). The molecule has 2 aromatic rings. The summed E-state index contributed by atoms with van der Waals surface area (Å²) in [4.78, 5) is 16.2. The molecule has 0 saturated heterocycles. The molecule has 9 heteroatoms. The van der Waals surface area contributed by atoms with Crippen molar-refractivity contribution in [2.75, 3.05) is 11.2 Å². The molecular weight excluding hydrogens is 336 g/mol. The molecule has 0 fully saturated rings. The van der Waals surface area contributed by atoms with Gasteiger partial charge in [-0.2, -0.15) is 0 Å². The van der Waals surface area contributed by atoms with Crippen molar-refractivity contribution in [2.24, 2.45) is 0 Å². The smallest absolute Gasteiger partial charge is 0.238 e. The van der Waals surface area contributed by atoms with E-state index in [1.165, 1.54) is 22.6 Å². The highest BCUT2D eigenvalue weighted by atomic mass is 35.5. The molecular formula is C14H19ClN6OS. The van der Waals surface area contributed by atoms with E-state index in [1.807, 2.05) is 20.8 Å². The van der Waals surface area contributed by atoms with Crippen LogP contribution in [0.15, 0.2) is 23.5 Å². The first kappa shape index (κ1) is 17.6. The average Bonchev–Trinajstić information content (AvgIpc) is 2.82. The summed E-state index contributed by atoms with van der Waals surface area (Å²) in [5, 5.41) is 11.5. The van der Waals surface area contributed by atoms with Gasteiger partial charge in [0.2, 0.25) is 11.1 Å². The Morgan fingerprint density at radius 3 is 2.61 bits per heavy atom. The summed E-state index contributed by atoms with van der Waals surface area (Å²) < 4.78 is 1.43. The minimum absolute atomic E-state index is 0.204. The van der Waals surface area contributed by atoms with E-state index in [1.54, 1.807) is 19.1 Å². The number of anilines is 1. The topological polar surface area (TPSA) is 98.7 Å². The lowest BCUT2D eigenvalue weighted by molar-refractivity contribution is -0.115. The third-order valence-corrected chi connectivity index (χ3v) is 4.25. The second-order valence-corrected chi connectivity index (χ2v) is 7.78. The molecule has 124 valence electrons. The van der Waals surface area contributed by atoms with E-state index >= 15 is 0 Å². The lowest BCUT2D eigenvalue weighted by atomic mass is 9.96.